The molecule has 0 radical (unpaired) electrons. The summed E-state index contributed by atoms with van der Waals surface area (Å²) in [7, 11) is 0. The molecule has 2 atom stereocenters. The second kappa shape index (κ2) is 8.51. The molecular formula is C14H29NO2. The van der Waals surface area contributed by atoms with E-state index >= 15 is 0 Å². The van der Waals surface area contributed by atoms with E-state index in [4.69, 9.17) is 5.11 Å². The molecular weight excluding hydrogens is 214 g/mol. The lowest BCUT2D eigenvalue weighted by Gasteiger charge is -2.35. The third-order valence-electron chi connectivity index (χ3n) is 3.56. The summed E-state index contributed by atoms with van der Waals surface area (Å²) >= 11 is 0. The van der Waals surface area contributed by atoms with E-state index in [-0.39, 0.29) is 6.42 Å². The Hall–Kier alpha value is -0.570. The van der Waals surface area contributed by atoms with Crippen molar-refractivity contribution in [1.29, 1.82) is 0 Å². The molecule has 2 unspecified atom stereocenters. The van der Waals surface area contributed by atoms with Crippen LogP contribution in [0.25, 0.3) is 0 Å². The molecule has 0 aliphatic carbocycles. The highest BCUT2D eigenvalue weighted by atomic mass is 16.4. The molecule has 17 heavy (non-hydrogen) atoms. The van der Waals surface area contributed by atoms with Gasteiger partial charge in [0.1, 0.15) is 0 Å². The Bertz CT molecular complexity index is 216. The Balaban J connectivity index is 4.45. The molecule has 102 valence electrons. The van der Waals surface area contributed by atoms with E-state index in [0.717, 1.165) is 6.42 Å². The van der Waals surface area contributed by atoms with Gasteiger partial charge in [-0.3, -0.25) is 9.69 Å². The number of hydrogen-bond donors (Lipinski definition) is 1. The fraction of sp³-hybridized carbons (Fsp3) is 0.929. The fourth-order valence-electron chi connectivity index (χ4n) is 2.25. The summed E-state index contributed by atoms with van der Waals surface area (Å²) in [6.07, 6.45) is 3.71. The van der Waals surface area contributed by atoms with Gasteiger partial charge < -0.3 is 5.11 Å². The SMILES string of the molecule is CCC(C)CC(CC)N(CCC(=O)O)C(C)C. The van der Waals surface area contributed by atoms with Gasteiger partial charge in [-0.15, -0.1) is 0 Å². The van der Waals surface area contributed by atoms with Gasteiger partial charge in [0.15, 0.2) is 0 Å². The Kier molecular flexibility index (Phi) is 8.23. The van der Waals surface area contributed by atoms with E-state index in [1.165, 1.54) is 12.8 Å². The summed E-state index contributed by atoms with van der Waals surface area (Å²) in [5.41, 5.74) is 0. The van der Waals surface area contributed by atoms with Crippen molar-refractivity contribution in [2.45, 2.75) is 72.4 Å². The number of carboxylic acid groups (broad SMARTS) is 1. The predicted molar refractivity (Wildman–Crippen MR) is 72.2 cm³/mol. The molecule has 3 heteroatoms. The van der Waals surface area contributed by atoms with Crippen molar-refractivity contribution in [2.75, 3.05) is 6.54 Å². The lowest BCUT2D eigenvalue weighted by Crippen LogP contribution is -2.42. The number of nitrogens with zero attached hydrogens (tertiary/aromatic N) is 1. The summed E-state index contributed by atoms with van der Waals surface area (Å²) in [5, 5.41) is 8.80. The number of carbonyl (C=O) groups is 1. The quantitative estimate of drug-likeness (QED) is 0.675. The molecule has 0 aliphatic rings. The maximum atomic E-state index is 10.7. The molecule has 1 N–H and O–H groups in total. The lowest BCUT2D eigenvalue weighted by molar-refractivity contribution is -0.137. The van der Waals surface area contributed by atoms with E-state index in [1.807, 2.05) is 0 Å². The Labute approximate surface area is 106 Å². The number of hydrogen-bond acceptors (Lipinski definition) is 2. The van der Waals surface area contributed by atoms with Gasteiger partial charge in [-0.25, -0.2) is 0 Å². The van der Waals surface area contributed by atoms with Gasteiger partial charge in [-0.1, -0.05) is 27.2 Å². The monoisotopic (exact) mass is 243 g/mol. The topological polar surface area (TPSA) is 40.5 Å². The summed E-state index contributed by atoms with van der Waals surface area (Å²) in [4.78, 5) is 13.0. The van der Waals surface area contributed by atoms with Gasteiger partial charge in [0, 0.05) is 18.6 Å². The molecule has 0 heterocycles. The van der Waals surface area contributed by atoms with Crippen LogP contribution in [-0.4, -0.2) is 34.6 Å². The zero-order valence-corrected chi connectivity index (χ0v) is 12.1. The van der Waals surface area contributed by atoms with Crippen molar-refractivity contribution in [1.82, 2.24) is 4.90 Å². The van der Waals surface area contributed by atoms with Gasteiger partial charge in [0.25, 0.3) is 0 Å². The molecule has 3 nitrogen and oxygen atoms in total. The van der Waals surface area contributed by atoms with Crippen LogP contribution in [0.2, 0.25) is 0 Å². The first kappa shape index (κ1) is 16.4. The minimum atomic E-state index is -0.700. The van der Waals surface area contributed by atoms with Crippen LogP contribution in [0.4, 0.5) is 0 Å². The average molecular weight is 243 g/mol. The first-order valence-electron chi connectivity index (χ1n) is 6.89. The molecule has 0 spiro atoms. The third kappa shape index (κ3) is 6.67. The molecule has 0 saturated heterocycles. The minimum absolute atomic E-state index is 0.245. The van der Waals surface area contributed by atoms with E-state index in [2.05, 4.69) is 39.5 Å². The minimum Gasteiger partial charge on any atom is -0.481 e. The summed E-state index contributed by atoms with van der Waals surface area (Å²) in [5.74, 6) is 0.0140. The van der Waals surface area contributed by atoms with Crippen LogP contribution in [0.5, 0.6) is 0 Å². The van der Waals surface area contributed by atoms with Crippen LogP contribution in [0.3, 0.4) is 0 Å². The summed E-state index contributed by atoms with van der Waals surface area (Å²) < 4.78 is 0. The fourth-order valence-corrected chi connectivity index (χ4v) is 2.25. The standard InChI is InChI=1S/C14H29NO2/c1-6-12(5)10-13(7-2)15(11(3)4)9-8-14(16)17/h11-13H,6-10H2,1-5H3,(H,16,17). The highest BCUT2D eigenvalue weighted by molar-refractivity contribution is 5.66. The van der Waals surface area contributed by atoms with E-state index in [1.54, 1.807) is 0 Å². The smallest absolute Gasteiger partial charge is 0.304 e. The van der Waals surface area contributed by atoms with Crippen LogP contribution in [-0.2, 0) is 4.79 Å². The molecule has 0 bridgehead atoms. The maximum absolute atomic E-state index is 10.7. The molecule has 0 aromatic rings. The first-order chi connectivity index (χ1) is 7.92. The van der Waals surface area contributed by atoms with Crippen molar-refractivity contribution in [3.63, 3.8) is 0 Å². The Morgan fingerprint density at radius 2 is 1.76 bits per heavy atom. The van der Waals surface area contributed by atoms with Crippen molar-refractivity contribution < 1.29 is 9.90 Å². The second-order valence-corrected chi connectivity index (χ2v) is 5.29. The number of rotatable bonds is 9. The summed E-state index contributed by atoms with van der Waals surface area (Å²) in [6, 6.07) is 0.938. The van der Waals surface area contributed by atoms with Gasteiger partial charge >= 0.3 is 5.97 Å². The molecule has 0 rings (SSSR count). The molecule has 0 aromatic carbocycles. The largest absolute Gasteiger partial charge is 0.481 e. The highest BCUT2D eigenvalue weighted by Gasteiger charge is 2.21. The van der Waals surface area contributed by atoms with Crippen LogP contribution < -0.4 is 0 Å². The van der Waals surface area contributed by atoms with Crippen LogP contribution in [0.1, 0.15) is 60.3 Å². The number of aliphatic carboxylic acids is 1. The van der Waals surface area contributed by atoms with Crippen molar-refractivity contribution in [3.8, 4) is 0 Å². The van der Waals surface area contributed by atoms with Gasteiger partial charge in [0.2, 0.25) is 0 Å². The molecule has 0 fully saturated rings. The Morgan fingerprint density at radius 3 is 2.12 bits per heavy atom. The van der Waals surface area contributed by atoms with Crippen LogP contribution in [0, 0.1) is 5.92 Å². The highest BCUT2D eigenvalue weighted by Crippen LogP contribution is 2.19. The van der Waals surface area contributed by atoms with Gasteiger partial charge in [-0.2, -0.15) is 0 Å². The second-order valence-electron chi connectivity index (χ2n) is 5.29. The number of carboxylic acids is 1. The lowest BCUT2D eigenvalue weighted by atomic mass is 9.95. The van der Waals surface area contributed by atoms with E-state index < -0.39 is 5.97 Å². The molecule has 0 saturated carbocycles. The molecule has 0 amide bonds. The average Bonchev–Trinajstić information content (AvgIpc) is 2.26. The van der Waals surface area contributed by atoms with Crippen LogP contribution >= 0.6 is 0 Å². The Morgan fingerprint density at radius 1 is 1.18 bits per heavy atom. The zero-order valence-electron chi connectivity index (χ0n) is 12.1. The normalized spacial score (nSPS) is 15.2. The van der Waals surface area contributed by atoms with Crippen molar-refractivity contribution in [2.24, 2.45) is 5.92 Å². The van der Waals surface area contributed by atoms with Crippen LogP contribution in [0.15, 0.2) is 0 Å². The van der Waals surface area contributed by atoms with Gasteiger partial charge in [-0.05, 0) is 32.6 Å². The third-order valence-corrected chi connectivity index (χ3v) is 3.56. The van der Waals surface area contributed by atoms with E-state index in [9.17, 15) is 4.79 Å². The van der Waals surface area contributed by atoms with E-state index in [0.29, 0.717) is 24.5 Å². The maximum Gasteiger partial charge on any atom is 0.304 e. The zero-order chi connectivity index (χ0) is 13.4. The molecule has 0 aliphatic heterocycles. The van der Waals surface area contributed by atoms with Crippen molar-refractivity contribution in [3.05, 3.63) is 0 Å². The predicted octanol–water partition coefficient (Wildman–Crippen LogP) is 3.39. The van der Waals surface area contributed by atoms with Crippen molar-refractivity contribution >= 4 is 5.97 Å². The first-order valence-corrected chi connectivity index (χ1v) is 6.89. The summed E-state index contributed by atoms with van der Waals surface area (Å²) in [6.45, 7) is 11.7. The van der Waals surface area contributed by atoms with Gasteiger partial charge in [0.05, 0.1) is 6.42 Å². The molecule has 0 aromatic heterocycles.